The lowest BCUT2D eigenvalue weighted by Crippen LogP contribution is -2.46. The maximum atomic E-state index is 3.48. The van der Waals surface area contributed by atoms with Gasteiger partial charge in [0.15, 0.2) is 0 Å². The molecule has 0 aliphatic carbocycles. The molecule has 0 aromatic carbocycles. The molecular weight excluding hydrogens is 216 g/mol. The standard InChI is InChI=1S/C9H19BrN2/c1-2-4-11-6-8-12(5-3-10)9-7-11/h2-9H2,1H3. The molecule has 1 fully saturated rings. The Morgan fingerprint density at radius 2 is 1.50 bits per heavy atom. The smallest absolute Gasteiger partial charge is 0.0159 e. The Kier molecular flexibility index (Phi) is 5.19. The first-order chi connectivity index (χ1) is 5.86. The second-order valence-electron chi connectivity index (χ2n) is 3.37. The van der Waals surface area contributed by atoms with E-state index < -0.39 is 0 Å². The number of nitrogens with zero attached hydrogens (tertiary/aromatic N) is 2. The van der Waals surface area contributed by atoms with Crippen LogP contribution in [0.2, 0.25) is 0 Å². The minimum atomic E-state index is 1.11. The van der Waals surface area contributed by atoms with Crippen molar-refractivity contribution >= 4 is 15.9 Å². The Morgan fingerprint density at radius 3 is 1.92 bits per heavy atom. The molecule has 0 N–H and O–H groups in total. The van der Waals surface area contributed by atoms with Gasteiger partial charge in [-0.15, -0.1) is 0 Å². The summed E-state index contributed by atoms with van der Waals surface area (Å²) in [4.78, 5) is 5.09. The predicted octanol–water partition coefficient (Wildman–Crippen LogP) is 1.41. The molecule has 0 aromatic rings. The van der Waals surface area contributed by atoms with Gasteiger partial charge in [0.2, 0.25) is 0 Å². The largest absolute Gasteiger partial charge is 0.301 e. The highest BCUT2D eigenvalue weighted by Crippen LogP contribution is 2.02. The van der Waals surface area contributed by atoms with Gasteiger partial charge in [0.05, 0.1) is 0 Å². The van der Waals surface area contributed by atoms with Crippen LogP contribution in [0.3, 0.4) is 0 Å². The lowest BCUT2D eigenvalue weighted by molar-refractivity contribution is 0.138. The summed E-state index contributed by atoms with van der Waals surface area (Å²) in [7, 11) is 0. The molecule has 3 heteroatoms. The monoisotopic (exact) mass is 234 g/mol. The van der Waals surface area contributed by atoms with Gasteiger partial charge >= 0.3 is 0 Å². The van der Waals surface area contributed by atoms with Crippen molar-refractivity contribution in [3.8, 4) is 0 Å². The van der Waals surface area contributed by atoms with E-state index >= 15 is 0 Å². The van der Waals surface area contributed by atoms with Crippen molar-refractivity contribution in [2.75, 3.05) is 44.6 Å². The van der Waals surface area contributed by atoms with Gasteiger partial charge in [-0.2, -0.15) is 0 Å². The van der Waals surface area contributed by atoms with Gasteiger partial charge in [-0.05, 0) is 13.0 Å². The number of hydrogen-bond donors (Lipinski definition) is 0. The van der Waals surface area contributed by atoms with Gasteiger partial charge in [0.25, 0.3) is 0 Å². The summed E-state index contributed by atoms with van der Waals surface area (Å²) in [5.41, 5.74) is 0. The van der Waals surface area contributed by atoms with E-state index in [1.54, 1.807) is 0 Å². The average molecular weight is 235 g/mol. The molecule has 0 atom stereocenters. The minimum absolute atomic E-state index is 1.11. The molecule has 0 aromatic heterocycles. The number of rotatable bonds is 4. The first-order valence-corrected chi connectivity index (χ1v) is 5.99. The maximum absolute atomic E-state index is 3.48. The fraction of sp³-hybridized carbons (Fsp3) is 1.00. The molecule has 0 unspecified atom stereocenters. The zero-order valence-electron chi connectivity index (χ0n) is 7.93. The number of piperazine rings is 1. The number of halogens is 1. The third kappa shape index (κ3) is 3.42. The lowest BCUT2D eigenvalue weighted by atomic mass is 10.3. The Labute approximate surface area is 84.0 Å². The van der Waals surface area contributed by atoms with Crippen LogP contribution < -0.4 is 0 Å². The van der Waals surface area contributed by atoms with Gasteiger partial charge in [0, 0.05) is 38.1 Å². The quantitative estimate of drug-likeness (QED) is 0.680. The molecule has 12 heavy (non-hydrogen) atoms. The van der Waals surface area contributed by atoms with E-state index in [1.807, 2.05) is 0 Å². The zero-order valence-corrected chi connectivity index (χ0v) is 9.52. The summed E-state index contributed by atoms with van der Waals surface area (Å²) >= 11 is 3.48. The van der Waals surface area contributed by atoms with Gasteiger partial charge in [-0.25, -0.2) is 0 Å². The highest BCUT2D eigenvalue weighted by molar-refractivity contribution is 9.09. The van der Waals surface area contributed by atoms with E-state index in [0.717, 1.165) is 5.33 Å². The Bertz CT molecular complexity index is 97.1. The molecule has 0 spiro atoms. The van der Waals surface area contributed by atoms with Crippen LogP contribution in [-0.4, -0.2) is 54.4 Å². The summed E-state index contributed by atoms with van der Waals surface area (Å²) in [6.45, 7) is 9.78. The summed E-state index contributed by atoms with van der Waals surface area (Å²) in [6.07, 6.45) is 1.29. The van der Waals surface area contributed by atoms with Crippen molar-refractivity contribution < 1.29 is 0 Å². The highest BCUT2D eigenvalue weighted by Gasteiger charge is 2.14. The molecule has 1 saturated heterocycles. The summed E-state index contributed by atoms with van der Waals surface area (Å²) in [5.74, 6) is 0. The summed E-state index contributed by atoms with van der Waals surface area (Å²) in [6, 6.07) is 0. The van der Waals surface area contributed by atoms with Gasteiger partial charge in [0.1, 0.15) is 0 Å². The molecule has 0 saturated carbocycles. The topological polar surface area (TPSA) is 6.48 Å². The van der Waals surface area contributed by atoms with Crippen LogP contribution in [0.4, 0.5) is 0 Å². The van der Waals surface area contributed by atoms with Crippen molar-refractivity contribution in [3.05, 3.63) is 0 Å². The molecule has 2 nitrogen and oxygen atoms in total. The predicted molar refractivity (Wildman–Crippen MR) is 57.0 cm³/mol. The average Bonchev–Trinajstić information content (AvgIpc) is 2.09. The van der Waals surface area contributed by atoms with Crippen LogP contribution in [0.5, 0.6) is 0 Å². The normalized spacial score (nSPS) is 21.5. The molecule has 1 heterocycles. The molecule has 0 radical (unpaired) electrons. The summed E-state index contributed by atoms with van der Waals surface area (Å²) in [5, 5.41) is 1.11. The van der Waals surface area contributed by atoms with E-state index in [9.17, 15) is 0 Å². The first-order valence-electron chi connectivity index (χ1n) is 4.87. The number of hydrogen-bond acceptors (Lipinski definition) is 2. The molecule has 0 bridgehead atoms. The van der Waals surface area contributed by atoms with Gasteiger partial charge in [-0.1, -0.05) is 22.9 Å². The number of alkyl halides is 1. The van der Waals surface area contributed by atoms with Crippen LogP contribution in [-0.2, 0) is 0 Å². The van der Waals surface area contributed by atoms with Crippen molar-refractivity contribution in [2.45, 2.75) is 13.3 Å². The molecule has 0 amide bonds. The van der Waals surface area contributed by atoms with Crippen LogP contribution in [0.15, 0.2) is 0 Å². The van der Waals surface area contributed by atoms with E-state index in [0.29, 0.717) is 0 Å². The fourth-order valence-corrected chi connectivity index (χ4v) is 2.17. The van der Waals surface area contributed by atoms with E-state index in [1.165, 1.54) is 45.7 Å². The molecule has 1 aliphatic heterocycles. The molecule has 1 aliphatic rings. The van der Waals surface area contributed by atoms with E-state index in [-0.39, 0.29) is 0 Å². The first kappa shape index (κ1) is 10.5. The SMILES string of the molecule is CCCN1CCN(CCBr)CC1. The summed E-state index contributed by atoms with van der Waals surface area (Å²) < 4.78 is 0. The third-order valence-corrected chi connectivity index (χ3v) is 2.76. The Balaban J connectivity index is 2.11. The Hall–Kier alpha value is 0.400. The maximum Gasteiger partial charge on any atom is 0.0159 e. The minimum Gasteiger partial charge on any atom is -0.301 e. The highest BCUT2D eigenvalue weighted by atomic mass is 79.9. The van der Waals surface area contributed by atoms with Crippen LogP contribution in [0.1, 0.15) is 13.3 Å². The van der Waals surface area contributed by atoms with Gasteiger partial charge < -0.3 is 4.90 Å². The van der Waals surface area contributed by atoms with Crippen molar-refractivity contribution in [1.82, 2.24) is 9.80 Å². The molecular formula is C9H19BrN2. The van der Waals surface area contributed by atoms with E-state index in [4.69, 9.17) is 0 Å². The molecule has 1 rings (SSSR count). The van der Waals surface area contributed by atoms with Crippen molar-refractivity contribution in [1.29, 1.82) is 0 Å². The van der Waals surface area contributed by atoms with Crippen LogP contribution in [0, 0.1) is 0 Å². The zero-order chi connectivity index (χ0) is 8.81. The van der Waals surface area contributed by atoms with Crippen LogP contribution >= 0.6 is 15.9 Å². The second kappa shape index (κ2) is 5.95. The second-order valence-corrected chi connectivity index (χ2v) is 4.17. The van der Waals surface area contributed by atoms with Gasteiger partial charge in [-0.3, -0.25) is 4.90 Å². The third-order valence-electron chi connectivity index (χ3n) is 2.41. The molecule has 72 valence electrons. The lowest BCUT2D eigenvalue weighted by Gasteiger charge is -2.34. The van der Waals surface area contributed by atoms with E-state index in [2.05, 4.69) is 32.7 Å². The van der Waals surface area contributed by atoms with Crippen LogP contribution in [0.25, 0.3) is 0 Å². The van der Waals surface area contributed by atoms with Crippen molar-refractivity contribution in [3.63, 3.8) is 0 Å². The fourth-order valence-electron chi connectivity index (χ4n) is 1.67. The Morgan fingerprint density at radius 1 is 1.00 bits per heavy atom. The van der Waals surface area contributed by atoms with Crippen molar-refractivity contribution in [2.24, 2.45) is 0 Å².